The van der Waals surface area contributed by atoms with Crippen molar-refractivity contribution in [1.82, 2.24) is 10.3 Å². The minimum absolute atomic E-state index is 0.391. The highest BCUT2D eigenvalue weighted by molar-refractivity contribution is 5.68. The molecule has 2 rings (SSSR count). The molecule has 1 aromatic heterocycles. The van der Waals surface area contributed by atoms with Crippen LogP contribution in [-0.4, -0.2) is 27.8 Å². The molecule has 0 saturated heterocycles. The molecule has 2 N–H and O–H groups in total. The highest BCUT2D eigenvalue weighted by Gasteiger charge is 2.29. The van der Waals surface area contributed by atoms with Crippen LogP contribution in [0.2, 0.25) is 0 Å². The minimum Gasteiger partial charge on any atom is -0.444 e. The van der Waals surface area contributed by atoms with Crippen LogP contribution in [0.3, 0.4) is 0 Å². The fourth-order valence-electron chi connectivity index (χ4n) is 3.26. The fraction of sp³-hybridized carbons (Fsp3) is 0.684. The second-order valence-corrected chi connectivity index (χ2v) is 7.69. The Kier molecular flexibility index (Phi) is 6.60. The number of aromatic nitrogens is 1. The van der Waals surface area contributed by atoms with Crippen LogP contribution in [0.5, 0.6) is 0 Å². The summed E-state index contributed by atoms with van der Waals surface area (Å²) >= 11 is 0. The maximum absolute atomic E-state index is 12.2. The number of nitrogens with zero attached hydrogens (tertiary/aromatic N) is 1. The van der Waals surface area contributed by atoms with E-state index in [1.165, 1.54) is 19.3 Å². The normalized spacial score (nSPS) is 18.7. The molecule has 0 unspecified atom stereocenters. The molecule has 0 bridgehead atoms. The van der Waals surface area contributed by atoms with Crippen molar-refractivity contribution in [2.24, 2.45) is 5.92 Å². The number of hydrogen-bond donors (Lipinski definition) is 2. The van der Waals surface area contributed by atoms with Crippen LogP contribution < -0.4 is 5.32 Å². The zero-order valence-corrected chi connectivity index (χ0v) is 15.0. The molecule has 1 aliphatic rings. The van der Waals surface area contributed by atoms with Gasteiger partial charge in [-0.15, -0.1) is 0 Å². The van der Waals surface area contributed by atoms with Crippen LogP contribution in [0, 0.1) is 5.92 Å². The molecule has 1 aromatic rings. The monoisotopic (exact) mass is 334 g/mol. The van der Waals surface area contributed by atoms with E-state index in [2.05, 4.69) is 10.3 Å². The van der Waals surface area contributed by atoms with Gasteiger partial charge in [0.15, 0.2) is 0 Å². The van der Waals surface area contributed by atoms with Crippen molar-refractivity contribution in [3.05, 3.63) is 30.1 Å². The third-order valence-electron chi connectivity index (χ3n) is 4.39. The lowest BCUT2D eigenvalue weighted by Gasteiger charge is -2.30. The van der Waals surface area contributed by atoms with E-state index in [1.54, 1.807) is 12.3 Å². The lowest BCUT2D eigenvalue weighted by atomic mass is 9.83. The van der Waals surface area contributed by atoms with E-state index in [-0.39, 0.29) is 0 Å². The molecule has 0 radical (unpaired) electrons. The highest BCUT2D eigenvalue weighted by atomic mass is 16.6. The number of hydrogen-bond acceptors (Lipinski definition) is 4. The maximum Gasteiger partial charge on any atom is 0.407 e. The maximum atomic E-state index is 12.2. The van der Waals surface area contributed by atoms with Gasteiger partial charge in [-0.25, -0.2) is 4.79 Å². The van der Waals surface area contributed by atoms with Gasteiger partial charge >= 0.3 is 6.09 Å². The molecule has 1 aliphatic carbocycles. The van der Waals surface area contributed by atoms with Crippen molar-refractivity contribution in [3.8, 4) is 0 Å². The molecule has 134 valence electrons. The summed E-state index contributed by atoms with van der Waals surface area (Å²) in [6.07, 6.45) is 7.12. The van der Waals surface area contributed by atoms with Crippen molar-refractivity contribution in [3.63, 3.8) is 0 Å². The number of carbonyl (C=O) groups is 1. The van der Waals surface area contributed by atoms with Crippen LogP contribution in [0.1, 0.15) is 71.1 Å². The van der Waals surface area contributed by atoms with Gasteiger partial charge in [0.1, 0.15) is 11.7 Å². The number of carbonyl (C=O) groups excluding carboxylic acids is 1. The van der Waals surface area contributed by atoms with Gasteiger partial charge in [-0.3, -0.25) is 4.98 Å². The lowest BCUT2D eigenvalue weighted by Crippen LogP contribution is -2.43. The van der Waals surface area contributed by atoms with E-state index in [9.17, 15) is 9.90 Å². The van der Waals surface area contributed by atoms with Gasteiger partial charge in [-0.05, 0) is 45.2 Å². The van der Waals surface area contributed by atoms with Gasteiger partial charge in [0.2, 0.25) is 0 Å². The van der Waals surface area contributed by atoms with Crippen molar-refractivity contribution >= 4 is 6.09 Å². The average Bonchev–Trinajstić information content (AvgIpc) is 2.53. The van der Waals surface area contributed by atoms with Crippen molar-refractivity contribution in [2.75, 3.05) is 0 Å². The number of nitrogens with one attached hydrogen (secondary N) is 1. The third kappa shape index (κ3) is 6.11. The Labute approximate surface area is 144 Å². The summed E-state index contributed by atoms with van der Waals surface area (Å²) in [7, 11) is 0. The molecule has 1 saturated carbocycles. The van der Waals surface area contributed by atoms with Crippen LogP contribution in [0.4, 0.5) is 4.79 Å². The molecule has 0 aromatic carbocycles. The fourth-order valence-corrected chi connectivity index (χ4v) is 3.26. The minimum atomic E-state index is -0.833. The number of ether oxygens (including phenoxy) is 1. The Morgan fingerprint density at radius 2 is 2.04 bits per heavy atom. The summed E-state index contributed by atoms with van der Waals surface area (Å²) in [6, 6.07) is 5.05. The second kappa shape index (κ2) is 8.47. The predicted octanol–water partition coefficient (Wildman–Crippen LogP) is 3.98. The summed E-state index contributed by atoms with van der Waals surface area (Å²) in [5, 5.41) is 13.6. The van der Waals surface area contributed by atoms with E-state index < -0.39 is 23.8 Å². The first-order valence-corrected chi connectivity index (χ1v) is 8.93. The summed E-state index contributed by atoms with van der Waals surface area (Å²) in [4.78, 5) is 16.4. The van der Waals surface area contributed by atoms with Crippen LogP contribution in [0.25, 0.3) is 0 Å². The Morgan fingerprint density at radius 3 is 2.62 bits per heavy atom. The molecule has 5 nitrogen and oxygen atoms in total. The Hall–Kier alpha value is -1.62. The van der Waals surface area contributed by atoms with Gasteiger partial charge in [0.05, 0.1) is 11.7 Å². The topological polar surface area (TPSA) is 71.5 Å². The van der Waals surface area contributed by atoms with E-state index in [1.807, 2.05) is 32.9 Å². The van der Waals surface area contributed by atoms with E-state index in [0.717, 1.165) is 19.3 Å². The Balaban J connectivity index is 2.06. The van der Waals surface area contributed by atoms with Crippen LogP contribution in [0.15, 0.2) is 24.4 Å². The van der Waals surface area contributed by atoms with Gasteiger partial charge in [0, 0.05) is 6.20 Å². The molecular formula is C19H30N2O3. The first kappa shape index (κ1) is 18.7. The summed E-state index contributed by atoms with van der Waals surface area (Å²) < 4.78 is 5.36. The van der Waals surface area contributed by atoms with Gasteiger partial charge in [-0.1, -0.05) is 38.2 Å². The van der Waals surface area contributed by atoms with Crippen LogP contribution in [-0.2, 0) is 4.74 Å². The average molecular weight is 334 g/mol. The van der Waals surface area contributed by atoms with E-state index >= 15 is 0 Å². The SMILES string of the molecule is CC(C)(C)OC(=O)N[C@@H](CC1CCCCC1)[C@@H](O)c1ccccn1. The number of alkyl carbamates (subject to hydrolysis) is 1. The van der Waals surface area contributed by atoms with Gasteiger partial charge in [0.25, 0.3) is 0 Å². The molecule has 24 heavy (non-hydrogen) atoms. The molecule has 2 atom stereocenters. The van der Waals surface area contributed by atoms with Crippen molar-refractivity contribution in [2.45, 2.75) is 77.0 Å². The van der Waals surface area contributed by atoms with E-state index in [0.29, 0.717) is 11.6 Å². The Morgan fingerprint density at radius 1 is 1.33 bits per heavy atom. The zero-order chi connectivity index (χ0) is 17.6. The van der Waals surface area contributed by atoms with Crippen molar-refractivity contribution in [1.29, 1.82) is 0 Å². The number of pyridine rings is 1. The van der Waals surface area contributed by atoms with E-state index in [4.69, 9.17) is 4.74 Å². The number of amides is 1. The number of aliphatic hydroxyl groups excluding tert-OH is 1. The zero-order valence-electron chi connectivity index (χ0n) is 15.0. The lowest BCUT2D eigenvalue weighted by molar-refractivity contribution is 0.0385. The smallest absolute Gasteiger partial charge is 0.407 e. The second-order valence-electron chi connectivity index (χ2n) is 7.69. The Bertz CT molecular complexity index is 507. The van der Waals surface area contributed by atoms with Crippen LogP contribution >= 0.6 is 0 Å². The standard InChI is InChI=1S/C19H30N2O3/c1-19(2,3)24-18(23)21-16(13-14-9-5-4-6-10-14)17(22)15-11-7-8-12-20-15/h7-8,11-12,14,16-17,22H,4-6,9-10,13H2,1-3H3,(H,21,23)/t16-,17-/m0/s1. The molecule has 5 heteroatoms. The molecule has 1 fully saturated rings. The third-order valence-corrected chi connectivity index (χ3v) is 4.39. The quantitative estimate of drug-likeness (QED) is 0.854. The molecule has 1 heterocycles. The number of rotatable bonds is 5. The summed E-state index contributed by atoms with van der Waals surface area (Å²) in [5.74, 6) is 0.525. The molecule has 0 spiro atoms. The van der Waals surface area contributed by atoms with Gasteiger partial charge in [-0.2, -0.15) is 0 Å². The van der Waals surface area contributed by atoms with Gasteiger partial charge < -0.3 is 15.2 Å². The summed E-state index contributed by atoms with van der Waals surface area (Å²) in [6.45, 7) is 5.49. The largest absolute Gasteiger partial charge is 0.444 e. The van der Waals surface area contributed by atoms with Crippen molar-refractivity contribution < 1.29 is 14.6 Å². The molecule has 0 aliphatic heterocycles. The first-order chi connectivity index (χ1) is 11.3. The highest BCUT2D eigenvalue weighted by Crippen LogP contribution is 2.30. The number of aliphatic hydroxyl groups is 1. The molecule has 1 amide bonds. The molecular weight excluding hydrogens is 304 g/mol. The summed E-state index contributed by atoms with van der Waals surface area (Å²) in [5.41, 5.74) is 0.0180. The first-order valence-electron chi connectivity index (χ1n) is 8.93. The predicted molar refractivity (Wildman–Crippen MR) is 93.5 cm³/mol.